The van der Waals surface area contributed by atoms with E-state index in [0.717, 1.165) is 32.4 Å². The lowest BCUT2D eigenvalue weighted by Gasteiger charge is -2.33. The molecular weight excluding hydrogens is 254 g/mol. The number of ether oxygens (including phenoxy) is 1. The largest absolute Gasteiger partial charge is 0.508 e. The maximum atomic E-state index is 12.6. The van der Waals surface area contributed by atoms with E-state index in [2.05, 4.69) is 6.92 Å². The first-order valence-corrected chi connectivity index (χ1v) is 7.33. The molecule has 20 heavy (non-hydrogen) atoms. The van der Waals surface area contributed by atoms with Gasteiger partial charge in [-0.05, 0) is 38.3 Å². The van der Waals surface area contributed by atoms with Gasteiger partial charge in [-0.25, -0.2) is 0 Å². The Kier molecular flexibility index (Phi) is 5.01. The summed E-state index contributed by atoms with van der Waals surface area (Å²) >= 11 is 0. The fourth-order valence-corrected chi connectivity index (χ4v) is 2.57. The van der Waals surface area contributed by atoms with Gasteiger partial charge < -0.3 is 14.7 Å². The lowest BCUT2D eigenvalue weighted by molar-refractivity contribution is 0.00208. The molecule has 1 N–H and O–H groups in total. The van der Waals surface area contributed by atoms with Gasteiger partial charge in [0.15, 0.2) is 0 Å². The van der Waals surface area contributed by atoms with Crippen LogP contribution in [0.1, 0.15) is 42.1 Å². The number of piperidine rings is 1. The molecule has 4 nitrogen and oxygen atoms in total. The van der Waals surface area contributed by atoms with E-state index in [1.807, 2.05) is 4.90 Å². The zero-order valence-corrected chi connectivity index (χ0v) is 12.3. The van der Waals surface area contributed by atoms with Crippen molar-refractivity contribution in [1.82, 2.24) is 4.90 Å². The van der Waals surface area contributed by atoms with Crippen LogP contribution in [0.25, 0.3) is 0 Å². The molecule has 1 saturated heterocycles. The summed E-state index contributed by atoms with van der Waals surface area (Å²) in [6.07, 6.45) is 3.13. The van der Waals surface area contributed by atoms with Gasteiger partial charge in [0.05, 0.1) is 6.10 Å². The van der Waals surface area contributed by atoms with E-state index >= 15 is 0 Å². The number of nitrogens with zero attached hydrogens (tertiary/aromatic N) is 1. The Hall–Kier alpha value is -1.55. The summed E-state index contributed by atoms with van der Waals surface area (Å²) < 4.78 is 5.76. The van der Waals surface area contributed by atoms with Crippen molar-refractivity contribution < 1.29 is 14.6 Å². The van der Waals surface area contributed by atoms with Crippen molar-refractivity contribution in [2.24, 2.45) is 0 Å². The molecule has 0 spiro atoms. The Bertz CT molecular complexity index is 473. The monoisotopic (exact) mass is 277 g/mol. The topological polar surface area (TPSA) is 49.8 Å². The van der Waals surface area contributed by atoms with Crippen LogP contribution >= 0.6 is 0 Å². The maximum Gasteiger partial charge on any atom is 0.254 e. The van der Waals surface area contributed by atoms with E-state index in [0.29, 0.717) is 17.7 Å². The minimum absolute atomic E-state index is 0.0109. The number of phenols is 1. The SMILES string of the molecule is CCCOC1CCCN(C(=O)c2cccc(O)c2C)C1. The first kappa shape index (κ1) is 14.9. The second-order valence-electron chi connectivity index (χ2n) is 5.34. The third kappa shape index (κ3) is 3.31. The lowest BCUT2D eigenvalue weighted by Crippen LogP contribution is -2.43. The molecule has 1 unspecified atom stereocenters. The highest BCUT2D eigenvalue weighted by Crippen LogP contribution is 2.23. The number of carbonyl (C=O) groups is 1. The van der Waals surface area contributed by atoms with Crippen molar-refractivity contribution in [2.45, 2.75) is 39.2 Å². The van der Waals surface area contributed by atoms with Crippen LogP contribution in [-0.4, -0.2) is 41.7 Å². The quantitative estimate of drug-likeness (QED) is 0.920. The number of benzene rings is 1. The molecular formula is C16H23NO3. The van der Waals surface area contributed by atoms with Gasteiger partial charge >= 0.3 is 0 Å². The number of rotatable bonds is 4. The van der Waals surface area contributed by atoms with Crippen LogP contribution in [0.2, 0.25) is 0 Å². The Morgan fingerprint density at radius 1 is 1.50 bits per heavy atom. The summed E-state index contributed by atoms with van der Waals surface area (Å²) in [5.41, 5.74) is 1.23. The van der Waals surface area contributed by atoms with Crippen LogP contribution in [0.4, 0.5) is 0 Å². The highest BCUT2D eigenvalue weighted by atomic mass is 16.5. The molecule has 1 aliphatic heterocycles. The molecule has 1 atom stereocenters. The molecule has 110 valence electrons. The van der Waals surface area contributed by atoms with Crippen LogP contribution in [0.3, 0.4) is 0 Å². The highest BCUT2D eigenvalue weighted by Gasteiger charge is 2.26. The second-order valence-corrected chi connectivity index (χ2v) is 5.34. The van der Waals surface area contributed by atoms with Gasteiger partial charge in [-0.15, -0.1) is 0 Å². The fourth-order valence-electron chi connectivity index (χ4n) is 2.57. The normalized spacial score (nSPS) is 19.1. The number of likely N-dealkylation sites (tertiary alicyclic amines) is 1. The number of phenolic OH excluding ortho intramolecular Hbond substituents is 1. The van der Waals surface area contributed by atoms with Crippen LogP contribution in [0.15, 0.2) is 18.2 Å². The molecule has 0 aliphatic carbocycles. The summed E-state index contributed by atoms with van der Waals surface area (Å²) in [6, 6.07) is 5.09. The van der Waals surface area contributed by atoms with E-state index in [4.69, 9.17) is 4.74 Å². The Balaban J connectivity index is 2.06. The fraction of sp³-hybridized carbons (Fsp3) is 0.562. The minimum atomic E-state index is -0.0109. The Morgan fingerprint density at radius 2 is 2.30 bits per heavy atom. The molecule has 2 rings (SSSR count). The lowest BCUT2D eigenvalue weighted by atomic mass is 10.0. The van der Waals surface area contributed by atoms with Gasteiger partial charge in [-0.2, -0.15) is 0 Å². The summed E-state index contributed by atoms with van der Waals surface area (Å²) in [4.78, 5) is 14.4. The summed E-state index contributed by atoms with van der Waals surface area (Å²) in [7, 11) is 0. The van der Waals surface area contributed by atoms with Crippen LogP contribution in [-0.2, 0) is 4.74 Å². The predicted octanol–water partition coefficient (Wildman–Crippen LogP) is 2.73. The zero-order chi connectivity index (χ0) is 14.5. The van der Waals surface area contributed by atoms with Gasteiger partial charge in [0.2, 0.25) is 0 Å². The smallest absolute Gasteiger partial charge is 0.254 e. The van der Waals surface area contributed by atoms with Crippen molar-refractivity contribution in [3.63, 3.8) is 0 Å². The number of aromatic hydroxyl groups is 1. The standard InChI is InChI=1S/C16H23NO3/c1-3-10-20-13-6-5-9-17(11-13)16(19)14-7-4-8-15(18)12(14)2/h4,7-8,13,18H,3,5-6,9-11H2,1-2H3. The third-order valence-electron chi connectivity index (χ3n) is 3.76. The molecule has 1 heterocycles. The first-order valence-electron chi connectivity index (χ1n) is 7.33. The van der Waals surface area contributed by atoms with Crippen molar-refractivity contribution >= 4 is 5.91 Å². The number of carbonyl (C=O) groups excluding carboxylic acids is 1. The number of hydrogen-bond acceptors (Lipinski definition) is 3. The van der Waals surface area contributed by atoms with E-state index in [9.17, 15) is 9.90 Å². The molecule has 4 heteroatoms. The van der Waals surface area contributed by atoms with E-state index in [-0.39, 0.29) is 17.8 Å². The van der Waals surface area contributed by atoms with Gasteiger partial charge in [0.1, 0.15) is 5.75 Å². The van der Waals surface area contributed by atoms with Crippen molar-refractivity contribution in [1.29, 1.82) is 0 Å². The van der Waals surface area contributed by atoms with Gasteiger partial charge in [0, 0.05) is 30.8 Å². The highest BCUT2D eigenvalue weighted by molar-refractivity contribution is 5.96. The zero-order valence-electron chi connectivity index (χ0n) is 12.3. The minimum Gasteiger partial charge on any atom is -0.508 e. The molecule has 0 bridgehead atoms. The van der Waals surface area contributed by atoms with Gasteiger partial charge in [0.25, 0.3) is 5.91 Å². The molecule has 1 aromatic rings. The first-order chi connectivity index (χ1) is 9.63. The Labute approximate surface area is 120 Å². The molecule has 0 saturated carbocycles. The summed E-state index contributed by atoms with van der Waals surface area (Å²) in [5.74, 6) is 0.162. The average Bonchev–Trinajstić information content (AvgIpc) is 2.47. The van der Waals surface area contributed by atoms with E-state index in [1.165, 1.54) is 0 Å². The number of hydrogen-bond donors (Lipinski definition) is 1. The molecule has 1 aromatic carbocycles. The molecule has 1 fully saturated rings. The molecule has 0 radical (unpaired) electrons. The van der Waals surface area contributed by atoms with Crippen molar-refractivity contribution in [2.75, 3.05) is 19.7 Å². The van der Waals surface area contributed by atoms with Crippen molar-refractivity contribution in [3.05, 3.63) is 29.3 Å². The number of amides is 1. The van der Waals surface area contributed by atoms with E-state index in [1.54, 1.807) is 25.1 Å². The van der Waals surface area contributed by atoms with Gasteiger partial charge in [-0.1, -0.05) is 13.0 Å². The van der Waals surface area contributed by atoms with Crippen molar-refractivity contribution in [3.8, 4) is 5.75 Å². The van der Waals surface area contributed by atoms with Crippen LogP contribution in [0.5, 0.6) is 5.75 Å². The predicted molar refractivity (Wildman–Crippen MR) is 78.0 cm³/mol. The van der Waals surface area contributed by atoms with E-state index < -0.39 is 0 Å². The molecule has 1 aliphatic rings. The second kappa shape index (κ2) is 6.75. The molecule has 1 amide bonds. The maximum absolute atomic E-state index is 12.6. The van der Waals surface area contributed by atoms with Crippen LogP contribution in [0, 0.1) is 6.92 Å². The Morgan fingerprint density at radius 3 is 3.05 bits per heavy atom. The van der Waals surface area contributed by atoms with Gasteiger partial charge in [-0.3, -0.25) is 4.79 Å². The summed E-state index contributed by atoms with van der Waals surface area (Å²) in [5, 5.41) is 9.72. The third-order valence-corrected chi connectivity index (χ3v) is 3.76. The average molecular weight is 277 g/mol. The summed E-state index contributed by atoms with van der Waals surface area (Å²) in [6.45, 7) is 6.02. The molecule has 0 aromatic heterocycles. The van der Waals surface area contributed by atoms with Crippen LogP contribution < -0.4 is 0 Å².